The van der Waals surface area contributed by atoms with Gasteiger partial charge in [0.2, 0.25) is 0 Å². The Labute approximate surface area is 149 Å². The van der Waals surface area contributed by atoms with E-state index in [2.05, 4.69) is 39.6 Å². The van der Waals surface area contributed by atoms with Crippen molar-refractivity contribution in [2.45, 2.75) is 44.8 Å². The normalized spacial score (nSPS) is 22.1. The molecule has 0 aromatic carbocycles. The molecule has 0 bridgehead atoms. The van der Waals surface area contributed by atoms with E-state index >= 15 is 0 Å². The van der Waals surface area contributed by atoms with Crippen molar-refractivity contribution in [3.8, 4) is 0 Å². The number of nitrogens with zero attached hydrogens (tertiary/aromatic N) is 3. The van der Waals surface area contributed by atoms with Crippen molar-refractivity contribution < 1.29 is 5.11 Å². The molecule has 5 nitrogen and oxygen atoms in total. The lowest BCUT2D eigenvalue weighted by atomic mass is 10.0. The molecule has 134 valence electrons. The van der Waals surface area contributed by atoms with Crippen molar-refractivity contribution in [2.75, 3.05) is 39.3 Å². The highest BCUT2D eigenvalue weighted by molar-refractivity contribution is 7.09. The number of aliphatic hydroxyl groups is 1. The number of nitrogens with one attached hydrogen (secondary N) is 1. The highest BCUT2D eigenvalue weighted by Gasteiger charge is 2.31. The average Bonchev–Trinajstić information content (AvgIpc) is 3.25. The Kier molecular flexibility index (Phi) is 6.14. The first-order valence-corrected chi connectivity index (χ1v) is 10.1. The lowest BCUT2D eigenvalue weighted by molar-refractivity contribution is 0.0569. The van der Waals surface area contributed by atoms with Crippen LogP contribution < -0.4 is 5.32 Å². The van der Waals surface area contributed by atoms with Crippen LogP contribution in [0.25, 0.3) is 0 Å². The number of aliphatic imine (C=N–C) groups is 1. The van der Waals surface area contributed by atoms with E-state index in [4.69, 9.17) is 4.99 Å². The Hall–Kier alpha value is -1.11. The van der Waals surface area contributed by atoms with E-state index in [1.54, 1.807) is 0 Å². The van der Waals surface area contributed by atoms with Crippen LogP contribution in [0.4, 0.5) is 0 Å². The van der Waals surface area contributed by atoms with Gasteiger partial charge in [-0.1, -0.05) is 18.9 Å². The molecule has 0 atom stereocenters. The Morgan fingerprint density at radius 1 is 1.29 bits per heavy atom. The van der Waals surface area contributed by atoms with Gasteiger partial charge in [-0.3, -0.25) is 9.89 Å². The fraction of sp³-hybridized carbons (Fsp3) is 0.722. The van der Waals surface area contributed by atoms with Crippen LogP contribution in [-0.4, -0.2) is 65.7 Å². The van der Waals surface area contributed by atoms with Crippen LogP contribution in [-0.2, 0) is 6.54 Å². The molecule has 2 aliphatic rings. The monoisotopic (exact) mass is 350 g/mol. The van der Waals surface area contributed by atoms with Gasteiger partial charge < -0.3 is 15.3 Å². The van der Waals surface area contributed by atoms with Gasteiger partial charge in [0.15, 0.2) is 5.96 Å². The van der Waals surface area contributed by atoms with Crippen molar-refractivity contribution in [3.63, 3.8) is 0 Å². The SMILES string of the molecule is CCNC(=NCC1(O)CCCC1)N1CCN(Cc2cccs2)CC1. The summed E-state index contributed by atoms with van der Waals surface area (Å²) in [5.41, 5.74) is -0.568. The second-order valence-corrected chi connectivity index (χ2v) is 7.98. The summed E-state index contributed by atoms with van der Waals surface area (Å²) in [6.07, 6.45) is 4.04. The van der Waals surface area contributed by atoms with Crippen molar-refractivity contribution in [3.05, 3.63) is 22.4 Å². The second kappa shape index (κ2) is 8.32. The summed E-state index contributed by atoms with van der Waals surface area (Å²) in [5.74, 6) is 0.966. The van der Waals surface area contributed by atoms with E-state index in [-0.39, 0.29) is 0 Å². The van der Waals surface area contributed by atoms with Crippen LogP contribution in [0.5, 0.6) is 0 Å². The summed E-state index contributed by atoms with van der Waals surface area (Å²) in [6, 6.07) is 4.34. The Bertz CT molecular complexity index is 517. The average molecular weight is 351 g/mol. The Morgan fingerprint density at radius 3 is 2.67 bits per heavy atom. The summed E-state index contributed by atoms with van der Waals surface area (Å²) >= 11 is 1.83. The number of hydrogen-bond donors (Lipinski definition) is 2. The lowest BCUT2D eigenvalue weighted by Gasteiger charge is -2.36. The summed E-state index contributed by atoms with van der Waals surface area (Å²) in [7, 11) is 0. The maximum Gasteiger partial charge on any atom is 0.194 e. The summed E-state index contributed by atoms with van der Waals surface area (Å²) in [4.78, 5) is 11.0. The van der Waals surface area contributed by atoms with E-state index < -0.39 is 5.60 Å². The predicted octanol–water partition coefficient (Wildman–Crippen LogP) is 2.14. The maximum absolute atomic E-state index is 10.5. The fourth-order valence-electron chi connectivity index (χ4n) is 3.58. The molecule has 0 unspecified atom stereocenters. The van der Waals surface area contributed by atoms with Crippen LogP contribution >= 0.6 is 11.3 Å². The summed E-state index contributed by atoms with van der Waals surface area (Å²) in [6.45, 7) is 8.67. The molecule has 1 saturated heterocycles. The molecular formula is C18H30N4OS. The third kappa shape index (κ3) is 4.71. The maximum atomic E-state index is 10.5. The van der Waals surface area contributed by atoms with Gasteiger partial charge in [0, 0.05) is 44.1 Å². The smallest absolute Gasteiger partial charge is 0.194 e. The molecule has 0 amide bonds. The molecule has 3 rings (SSSR count). The third-order valence-corrected chi connectivity index (χ3v) is 5.88. The minimum atomic E-state index is -0.568. The van der Waals surface area contributed by atoms with Gasteiger partial charge in [0.1, 0.15) is 0 Å². The highest BCUT2D eigenvalue weighted by atomic mass is 32.1. The van der Waals surface area contributed by atoms with Crippen LogP contribution in [0, 0.1) is 0 Å². The Balaban J connectivity index is 1.53. The molecule has 0 spiro atoms. The lowest BCUT2D eigenvalue weighted by Crippen LogP contribution is -2.52. The van der Waals surface area contributed by atoms with E-state index in [1.807, 2.05) is 11.3 Å². The zero-order valence-corrected chi connectivity index (χ0v) is 15.5. The molecule has 1 saturated carbocycles. The van der Waals surface area contributed by atoms with Crippen LogP contribution in [0.2, 0.25) is 0 Å². The van der Waals surface area contributed by atoms with Crippen LogP contribution in [0.3, 0.4) is 0 Å². The van der Waals surface area contributed by atoms with Gasteiger partial charge in [0.25, 0.3) is 0 Å². The van der Waals surface area contributed by atoms with Crippen molar-refractivity contribution in [1.82, 2.24) is 15.1 Å². The molecule has 2 N–H and O–H groups in total. The topological polar surface area (TPSA) is 51.1 Å². The van der Waals surface area contributed by atoms with Crippen molar-refractivity contribution >= 4 is 17.3 Å². The first-order chi connectivity index (χ1) is 11.7. The quantitative estimate of drug-likeness (QED) is 0.631. The largest absolute Gasteiger partial charge is 0.388 e. The molecule has 2 fully saturated rings. The molecule has 24 heavy (non-hydrogen) atoms. The third-order valence-electron chi connectivity index (χ3n) is 5.02. The molecule has 1 aliphatic carbocycles. The van der Waals surface area contributed by atoms with Gasteiger partial charge in [-0.15, -0.1) is 11.3 Å². The zero-order chi connectivity index (χ0) is 16.8. The van der Waals surface area contributed by atoms with Gasteiger partial charge in [-0.05, 0) is 31.2 Å². The van der Waals surface area contributed by atoms with E-state index in [1.165, 1.54) is 4.88 Å². The summed E-state index contributed by atoms with van der Waals surface area (Å²) in [5, 5.41) is 16.1. The molecule has 1 aromatic heterocycles. The summed E-state index contributed by atoms with van der Waals surface area (Å²) < 4.78 is 0. The van der Waals surface area contributed by atoms with E-state index in [9.17, 15) is 5.11 Å². The minimum Gasteiger partial charge on any atom is -0.388 e. The van der Waals surface area contributed by atoms with Gasteiger partial charge >= 0.3 is 0 Å². The van der Waals surface area contributed by atoms with Crippen molar-refractivity contribution in [1.29, 1.82) is 0 Å². The fourth-order valence-corrected chi connectivity index (χ4v) is 4.33. The standard InChI is InChI=1S/C18H30N4OS/c1-2-19-17(20-15-18(23)7-3-4-8-18)22-11-9-21(10-12-22)14-16-6-5-13-24-16/h5-6,13,23H,2-4,7-12,14-15H2,1H3,(H,19,20). The van der Waals surface area contributed by atoms with E-state index in [0.29, 0.717) is 6.54 Å². The molecule has 2 heterocycles. The molecule has 6 heteroatoms. The van der Waals surface area contributed by atoms with Gasteiger partial charge in [0.05, 0.1) is 12.1 Å². The number of rotatable bonds is 5. The number of thiophene rings is 1. The molecule has 1 aromatic rings. The zero-order valence-electron chi connectivity index (χ0n) is 14.7. The van der Waals surface area contributed by atoms with Crippen LogP contribution in [0.1, 0.15) is 37.5 Å². The Morgan fingerprint density at radius 2 is 2.04 bits per heavy atom. The number of guanidine groups is 1. The number of hydrogen-bond acceptors (Lipinski definition) is 4. The molecular weight excluding hydrogens is 320 g/mol. The first-order valence-electron chi connectivity index (χ1n) is 9.19. The second-order valence-electron chi connectivity index (χ2n) is 6.94. The number of piperazine rings is 1. The highest BCUT2D eigenvalue weighted by Crippen LogP contribution is 2.29. The van der Waals surface area contributed by atoms with Crippen LogP contribution in [0.15, 0.2) is 22.5 Å². The molecule has 1 aliphatic heterocycles. The van der Waals surface area contributed by atoms with Gasteiger partial charge in [-0.25, -0.2) is 0 Å². The molecule has 0 radical (unpaired) electrons. The predicted molar refractivity (Wildman–Crippen MR) is 101 cm³/mol. The van der Waals surface area contributed by atoms with Crippen molar-refractivity contribution in [2.24, 2.45) is 4.99 Å². The van der Waals surface area contributed by atoms with Gasteiger partial charge in [-0.2, -0.15) is 0 Å². The van der Waals surface area contributed by atoms with E-state index in [0.717, 1.165) is 70.9 Å². The first kappa shape index (κ1) is 17.7. The minimum absolute atomic E-state index is 0.532.